The number of hydrogen-bond donors (Lipinski definition) is 5. The minimum absolute atomic E-state index is 0.0830. The third kappa shape index (κ3) is 5.26. The summed E-state index contributed by atoms with van der Waals surface area (Å²) in [5, 5.41) is 15.3. The van der Waals surface area contributed by atoms with E-state index in [2.05, 4.69) is 30.2 Å². The standard InChI is InChI=1S/C25H26N8O5/c26-20(34)10-18(32-25(36)37)24(35)31-15-7-6-14-3-1-5-19(17(14)9-15)38-11-16-4-2-8-33(16)23-21-22(28-12-27-21)29-13-30-23/h1,3,5-7,9,12-13,16,18,32H,2,4,8,10-11H2,(H2,26,34)(H,31,35)(H,36,37)(H,27,28,29,30)/t16?,18-/m1/s1. The topological polar surface area (TPSA) is 188 Å². The number of nitrogens with two attached hydrogens (primary N) is 1. The van der Waals surface area contributed by atoms with Gasteiger partial charge in [0, 0.05) is 17.6 Å². The predicted octanol–water partition coefficient (Wildman–Crippen LogP) is 2.00. The number of primary amides is 1. The Morgan fingerprint density at radius 2 is 2.08 bits per heavy atom. The predicted molar refractivity (Wildman–Crippen MR) is 139 cm³/mol. The molecule has 0 radical (unpaired) electrons. The molecule has 0 spiro atoms. The quantitative estimate of drug-likeness (QED) is 0.221. The van der Waals surface area contributed by atoms with Gasteiger partial charge in [0.1, 0.15) is 30.2 Å². The van der Waals surface area contributed by atoms with Crippen molar-refractivity contribution in [2.45, 2.75) is 31.3 Å². The highest BCUT2D eigenvalue weighted by Gasteiger charge is 2.29. The number of carbonyl (C=O) groups excluding carboxylic acids is 2. The number of amides is 3. The Morgan fingerprint density at radius 1 is 1.21 bits per heavy atom. The number of hydrogen-bond acceptors (Lipinski definition) is 8. The molecule has 4 aromatic rings. The van der Waals surface area contributed by atoms with Gasteiger partial charge in [-0.25, -0.2) is 19.7 Å². The van der Waals surface area contributed by atoms with E-state index in [4.69, 9.17) is 15.6 Å². The Hall–Kier alpha value is -4.94. The van der Waals surface area contributed by atoms with Gasteiger partial charge in [0.15, 0.2) is 11.5 Å². The minimum Gasteiger partial charge on any atom is -0.491 e. The smallest absolute Gasteiger partial charge is 0.405 e. The van der Waals surface area contributed by atoms with Crippen molar-refractivity contribution >= 4 is 51.3 Å². The maximum Gasteiger partial charge on any atom is 0.405 e. The number of aromatic amines is 1. The van der Waals surface area contributed by atoms with E-state index >= 15 is 0 Å². The molecule has 3 heterocycles. The van der Waals surface area contributed by atoms with Gasteiger partial charge >= 0.3 is 6.09 Å². The summed E-state index contributed by atoms with van der Waals surface area (Å²) in [5.41, 5.74) is 6.99. The van der Waals surface area contributed by atoms with Gasteiger partial charge in [-0.2, -0.15) is 0 Å². The van der Waals surface area contributed by atoms with Gasteiger partial charge in [0.2, 0.25) is 11.8 Å². The second-order valence-corrected chi connectivity index (χ2v) is 8.95. The van der Waals surface area contributed by atoms with Gasteiger partial charge < -0.3 is 36.1 Å². The van der Waals surface area contributed by atoms with Crippen molar-refractivity contribution in [2.24, 2.45) is 5.73 Å². The lowest BCUT2D eigenvalue weighted by Crippen LogP contribution is -2.45. The molecule has 0 bridgehead atoms. The van der Waals surface area contributed by atoms with E-state index in [-0.39, 0.29) is 6.04 Å². The summed E-state index contributed by atoms with van der Waals surface area (Å²) in [6.07, 6.45) is 3.15. The van der Waals surface area contributed by atoms with Crippen LogP contribution in [0.4, 0.5) is 16.3 Å². The van der Waals surface area contributed by atoms with Crippen molar-refractivity contribution in [3.05, 3.63) is 49.1 Å². The lowest BCUT2D eigenvalue weighted by molar-refractivity contribution is -0.123. The number of carbonyl (C=O) groups is 3. The molecule has 1 aliphatic rings. The number of fused-ring (bicyclic) bond motifs is 2. The number of aromatic nitrogens is 4. The Balaban J connectivity index is 1.33. The highest BCUT2D eigenvalue weighted by atomic mass is 16.5. The zero-order valence-corrected chi connectivity index (χ0v) is 20.3. The first-order valence-corrected chi connectivity index (χ1v) is 12.0. The number of anilines is 2. The first-order valence-electron chi connectivity index (χ1n) is 12.0. The minimum atomic E-state index is -1.43. The molecule has 5 rings (SSSR count). The largest absolute Gasteiger partial charge is 0.491 e. The number of benzene rings is 2. The maximum absolute atomic E-state index is 12.6. The fourth-order valence-electron chi connectivity index (χ4n) is 4.67. The summed E-state index contributed by atoms with van der Waals surface area (Å²) in [5.74, 6) is -0.0923. The molecular weight excluding hydrogens is 492 g/mol. The molecule has 1 saturated heterocycles. The van der Waals surface area contributed by atoms with Crippen molar-refractivity contribution in [3.8, 4) is 5.75 Å². The second-order valence-electron chi connectivity index (χ2n) is 8.95. The van der Waals surface area contributed by atoms with Crippen LogP contribution in [0.15, 0.2) is 49.1 Å². The number of carboxylic acid groups (broad SMARTS) is 1. The van der Waals surface area contributed by atoms with Crippen LogP contribution in [0.5, 0.6) is 5.75 Å². The summed E-state index contributed by atoms with van der Waals surface area (Å²) in [6, 6.07) is 9.69. The maximum atomic E-state index is 12.6. The lowest BCUT2D eigenvalue weighted by Gasteiger charge is -2.26. The van der Waals surface area contributed by atoms with Gasteiger partial charge in [0.25, 0.3) is 0 Å². The SMILES string of the molecule is NC(=O)C[C@@H](NC(=O)O)C(=O)Nc1ccc2cccc(OCC3CCCN3c3ncnc4[nH]cnc34)c2c1. The van der Waals surface area contributed by atoms with E-state index in [1.54, 1.807) is 18.5 Å². The molecule has 2 atom stereocenters. The molecular formula is C25H26N8O5. The van der Waals surface area contributed by atoms with Crippen LogP contribution in [0.25, 0.3) is 21.9 Å². The van der Waals surface area contributed by atoms with Crippen LogP contribution in [0.3, 0.4) is 0 Å². The van der Waals surface area contributed by atoms with Gasteiger partial charge in [-0.1, -0.05) is 18.2 Å². The molecule has 13 heteroatoms. The first-order chi connectivity index (χ1) is 18.4. The zero-order valence-electron chi connectivity index (χ0n) is 20.3. The average Bonchev–Trinajstić information content (AvgIpc) is 3.56. The summed E-state index contributed by atoms with van der Waals surface area (Å²) < 4.78 is 6.28. The van der Waals surface area contributed by atoms with Crippen LogP contribution in [-0.2, 0) is 9.59 Å². The summed E-state index contributed by atoms with van der Waals surface area (Å²) in [4.78, 5) is 53.2. The van der Waals surface area contributed by atoms with Crippen LogP contribution in [0.1, 0.15) is 19.3 Å². The van der Waals surface area contributed by atoms with Crippen molar-refractivity contribution in [1.29, 1.82) is 0 Å². The highest BCUT2D eigenvalue weighted by Crippen LogP contribution is 2.31. The number of H-pyrrole nitrogens is 1. The first kappa shape index (κ1) is 24.7. The van der Waals surface area contributed by atoms with Crippen LogP contribution in [0, 0.1) is 0 Å². The van der Waals surface area contributed by atoms with Crippen LogP contribution >= 0.6 is 0 Å². The van der Waals surface area contributed by atoms with E-state index in [9.17, 15) is 14.4 Å². The monoisotopic (exact) mass is 518 g/mol. The normalized spacial score (nSPS) is 15.9. The zero-order chi connectivity index (χ0) is 26.6. The van der Waals surface area contributed by atoms with Gasteiger partial charge in [-0.15, -0.1) is 0 Å². The van der Waals surface area contributed by atoms with E-state index in [0.29, 0.717) is 23.7 Å². The Kier molecular flexibility index (Phi) is 6.89. The molecule has 2 aromatic heterocycles. The number of rotatable bonds is 9. The summed E-state index contributed by atoms with van der Waals surface area (Å²) in [6.45, 7) is 1.24. The van der Waals surface area contributed by atoms with Crippen molar-refractivity contribution in [3.63, 3.8) is 0 Å². The second kappa shape index (κ2) is 10.6. The summed E-state index contributed by atoms with van der Waals surface area (Å²) >= 11 is 0. The highest BCUT2D eigenvalue weighted by molar-refractivity contribution is 6.01. The Bertz CT molecular complexity index is 1490. The molecule has 0 aliphatic carbocycles. The molecule has 13 nitrogen and oxygen atoms in total. The molecule has 3 amide bonds. The molecule has 0 saturated carbocycles. The van der Waals surface area contributed by atoms with E-state index in [0.717, 1.165) is 41.5 Å². The van der Waals surface area contributed by atoms with Crippen molar-refractivity contribution in [1.82, 2.24) is 25.3 Å². The third-order valence-corrected chi connectivity index (χ3v) is 6.41. The number of ether oxygens (including phenoxy) is 1. The van der Waals surface area contributed by atoms with E-state index < -0.39 is 30.4 Å². The van der Waals surface area contributed by atoms with Crippen molar-refractivity contribution in [2.75, 3.05) is 23.4 Å². The van der Waals surface area contributed by atoms with Crippen LogP contribution in [0.2, 0.25) is 0 Å². The number of nitrogens with zero attached hydrogens (tertiary/aromatic N) is 4. The fourth-order valence-corrected chi connectivity index (χ4v) is 4.67. The molecule has 38 heavy (non-hydrogen) atoms. The Morgan fingerprint density at radius 3 is 2.89 bits per heavy atom. The molecule has 196 valence electrons. The number of imidazole rings is 1. The molecule has 2 aromatic carbocycles. The molecule has 6 N–H and O–H groups in total. The van der Waals surface area contributed by atoms with Gasteiger partial charge in [-0.05, 0) is 36.4 Å². The molecule has 1 unspecified atom stereocenters. The van der Waals surface area contributed by atoms with Crippen molar-refractivity contribution < 1.29 is 24.2 Å². The van der Waals surface area contributed by atoms with Gasteiger partial charge in [-0.3, -0.25) is 9.59 Å². The summed E-state index contributed by atoms with van der Waals surface area (Å²) in [7, 11) is 0. The lowest BCUT2D eigenvalue weighted by atomic mass is 10.1. The molecule has 1 aliphatic heterocycles. The average molecular weight is 519 g/mol. The Labute approximate surface area is 216 Å². The number of nitrogens with one attached hydrogen (secondary N) is 3. The van der Waals surface area contributed by atoms with E-state index in [1.807, 2.05) is 29.6 Å². The third-order valence-electron chi connectivity index (χ3n) is 6.41. The fraction of sp³-hybridized carbons (Fsp3) is 0.280. The van der Waals surface area contributed by atoms with Gasteiger partial charge in [0.05, 0.1) is 18.8 Å². The van der Waals surface area contributed by atoms with Crippen LogP contribution in [-0.4, -0.2) is 68.2 Å². The van der Waals surface area contributed by atoms with E-state index in [1.165, 1.54) is 6.33 Å². The molecule has 1 fully saturated rings. The van der Waals surface area contributed by atoms with Crippen LogP contribution < -0.4 is 26.0 Å².